The van der Waals surface area contributed by atoms with Crippen LogP contribution in [0.4, 0.5) is 20.2 Å². The first-order valence-electron chi connectivity index (χ1n) is 11.6. The van der Waals surface area contributed by atoms with E-state index in [2.05, 4.69) is 41.8 Å². The Bertz CT molecular complexity index is 980. The summed E-state index contributed by atoms with van der Waals surface area (Å²) in [5.41, 5.74) is 5.05. The summed E-state index contributed by atoms with van der Waals surface area (Å²) in [6, 6.07) is 14.3. The van der Waals surface area contributed by atoms with Crippen LogP contribution in [0.1, 0.15) is 54.8 Å². The quantitative estimate of drug-likeness (QED) is 0.456. The van der Waals surface area contributed by atoms with Crippen LogP contribution in [0.5, 0.6) is 0 Å². The van der Waals surface area contributed by atoms with E-state index in [1.807, 2.05) is 12.1 Å². The van der Waals surface area contributed by atoms with E-state index >= 15 is 0 Å². The first-order valence-corrected chi connectivity index (χ1v) is 11.6. The highest BCUT2D eigenvalue weighted by Crippen LogP contribution is 2.49. The third-order valence-corrected chi connectivity index (χ3v) is 6.67. The van der Waals surface area contributed by atoms with Crippen LogP contribution in [-0.2, 0) is 6.42 Å². The molecule has 2 atom stereocenters. The Morgan fingerprint density at radius 2 is 2.03 bits per heavy atom. The zero-order valence-corrected chi connectivity index (χ0v) is 18.9. The number of alkyl halides is 2. The smallest absolute Gasteiger partial charge is 0.355 e. The molecule has 1 fully saturated rings. The fourth-order valence-electron chi connectivity index (χ4n) is 4.46. The summed E-state index contributed by atoms with van der Waals surface area (Å²) in [6.45, 7) is 5.15. The van der Waals surface area contributed by atoms with Gasteiger partial charge in [-0.05, 0) is 73.4 Å². The number of fused-ring (bicyclic) bond motifs is 1. The Morgan fingerprint density at radius 3 is 2.78 bits per heavy atom. The standard InChI is InChI=1S/C26H32F2N4/c1-18(21-6-3-7-22(14-21)31-16-20-8-9-20)15-30-12-4-5-19-10-11-23-24(13-19)32(2)25(23)26(27,28)17-29/h3,6-7,10-11,13-14,18,20,25,30-31H,4-5,8-9,12,15-16H2,1-2H3. The number of anilines is 2. The molecule has 2 unspecified atom stereocenters. The van der Waals surface area contributed by atoms with Crippen molar-refractivity contribution in [2.75, 3.05) is 36.9 Å². The van der Waals surface area contributed by atoms with Gasteiger partial charge in [0, 0.05) is 37.1 Å². The molecule has 0 bridgehead atoms. The third kappa shape index (κ3) is 5.05. The molecule has 0 spiro atoms. The van der Waals surface area contributed by atoms with Crippen LogP contribution in [0, 0.1) is 17.2 Å². The average Bonchev–Trinajstić information content (AvgIpc) is 3.62. The molecular formula is C26H32F2N4. The zero-order chi connectivity index (χ0) is 22.7. The van der Waals surface area contributed by atoms with Crippen LogP contribution in [0.25, 0.3) is 0 Å². The number of halogens is 2. The maximum absolute atomic E-state index is 13.8. The van der Waals surface area contributed by atoms with Crippen molar-refractivity contribution < 1.29 is 8.78 Å². The monoisotopic (exact) mass is 438 g/mol. The normalized spacial score (nSPS) is 18.5. The van der Waals surface area contributed by atoms with E-state index in [1.165, 1.54) is 29.0 Å². The average molecular weight is 439 g/mol. The Balaban J connectivity index is 1.20. The lowest BCUT2D eigenvalue weighted by molar-refractivity contribution is 0.0262. The molecule has 1 aliphatic heterocycles. The van der Waals surface area contributed by atoms with E-state index in [-0.39, 0.29) is 0 Å². The van der Waals surface area contributed by atoms with Crippen LogP contribution in [-0.4, -0.2) is 32.6 Å². The van der Waals surface area contributed by atoms with Gasteiger partial charge >= 0.3 is 5.92 Å². The van der Waals surface area contributed by atoms with Crippen molar-refractivity contribution in [1.29, 1.82) is 5.26 Å². The number of nitriles is 1. The molecule has 2 aromatic carbocycles. The van der Waals surface area contributed by atoms with Crippen molar-refractivity contribution in [3.05, 3.63) is 59.2 Å². The molecule has 0 amide bonds. The molecule has 1 heterocycles. The molecule has 1 aliphatic carbocycles. The summed E-state index contributed by atoms with van der Waals surface area (Å²) >= 11 is 0. The van der Waals surface area contributed by atoms with Crippen molar-refractivity contribution in [3.8, 4) is 6.07 Å². The molecule has 0 saturated heterocycles. The van der Waals surface area contributed by atoms with E-state index in [1.54, 1.807) is 13.1 Å². The maximum atomic E-state index is 13.8. The summed E-state index contributed by atoms with van der Waals surface area (Å²) in [7, 11) is 1.63. The predicted octanol–water partition coefficient (Wildman–Crippen LogP) is 5.48. The van der Waals surface area contributed by atoms with E-state index in [4.69, 9.17) is 5.26 Å². The van der Waals surface area contributed by atoms with Crippen molar-refractivity contribution in [2.45, 2.75) is 50.5 Å². The topological polar surface area (TPSA) is 51.1 Å². The molecule has 170 valence electrons. The SMILES string of the molecule is CC(CNCCCc1ccc2c(c1)N(C)C2C(F)(F)C#N)c1cccc(NCC2CC2)c1. The molecule has 4 nitrogen and oxygen atoms in total. The minimum Gasteiger partial charge on any atom is -0.385 e. The van der Waals surface area contributed by atoms with Gasteiger partial charge in [0.1, 0.15) is 12.1 Å². The Morgan fingerprint density at radius 1 is 1.22 bits per heavy atom. The van der Waals surface area contributed by atoms with Crippen LogP contribution in [0.3, 0.4) is 0 Å². The van der Waals surface area contributed by atoms with Gasteiger partial charge in [0.15, 0.2) is 0 Å². The van der Waals surface area contributed by atoms with E-state index in [9.17, 15) is 8.78 Å². The molecule has 2 aliphatic rings. The van der Waals surface area contributed by atoms with Gasteiger partial charge in [-0.25, -0.2) is 0 Å². The van der Waals surface area contributed by atoms with Gasteiger partial charge in [-0.15, -0.1) is 0 Å². The number of hydrogen-bond acceptors (Lipinski definition) is 4. The molecule has 0 aromatic heterocycles. The number of benzene rings is 2. The van der Waals surface area contributed by atoms with Crippen molar-refractivity contribution in [3.63, 3.8) is 0 Å². The van der Waals surface area contributed by atoms with Crippen LogP contribution < -0.4 is 15.5 Å². The largest absolute Gasteiger partial charge is 0.385 e. The first-order chi connectivity index (χ1) is 15.4. The van der Waals surface area contributed by atoms with Crippen molar-refractivity contribution in [2.24, 2.45) is 5.92 Å². The Kier molecular flexibility index (Phi) is 6.66. The second-order valence-corrected chi connectivity index (χ2v) is 9.30. The number of nitrogens with zero attached hydrogens (tertiary/aromatic N) is 2. The minimum atomic E-state index is -3.36. The second kappa shape index (κ2) is 9.46. The van der Waals surface area contributed by atoms with Crippen molar-refractivity contribution >= 4 is 11.4 Å². The molecule has 32 heavy (non-hydrogen) atoms. The predicted molar refractivity (Wildman–Crippen MR) is 125 cm³/mol. The number of rotatable bonds is 11. The lowest BCUT2D eigenvalue weighted by atomic mass is 9.87. The van der Waals surface area contributed by atoms with E-state index in [0.717, 1.165) is 55.7 Å². The van der Waals surface area contributed by atoms with Crippen molar-refractivity contribution in [1.82, 2.24) is 5.32 Å². The molecular weight excluding hydrogens is 406 g/mol. The number of hydrogen-bond donors (Lipinski definition) is 2. The maximum Gasteiger partial charge on any atom is 0.355 e. The minimum absolute atomic E-state index is 0.432. The van der Waals surface area contributed by atoms with Crippen LogP contribution >= 0.6 is 0 Å². The molecule has 0 radical (unpaired) electrons. The fraction of sp³-hybridized carbons (Fsp3) is 0.500. The van der Waals surface area contributed by atoms with E-state index in [0.29, 0.717) is 11.5 Å². The van der Waals surface area contributed by atoms with Crippen LogP contribution in [0.2, 0.25) is 0 Å². The summed E-state index contributed by atoms with van der Waals surface area (Å²) in [4.78, 5) is 1.51. The van der Waals surface area contributed by atoms with Gasteiger partial charge in [0.05, 0.1) is 0 Å². The van der Waals surface area contributed by atoms with Gasteiger partial charge in [0.25, 0.3) is 0 Å². The van der Waals surface area contributed by atoms with Crippen LogP contribution in [0.15, 0.2) is 42.5 Å². The van der Waals surface area contributed by atoms with Gasteiger partial charge in [-0.1, -0.05) is 31.2 Å². The summed E-state index contributed by atoms with van der Waals surface area (Å²) < 4.78 is 27.6. The first kappa shape index (κ1) is 22.5. The van der Waals surface area contributed by atoms with E-state index < -0.39 is 12.0 Å². The Labute approximate surface area is 189 Å². The highest BCUT2D eigenvalue weighted by atomic mass is 19.3. The second-order valence-electron chi connectivity index (χ2n) is 9.30. The summed E-state index contributed by atoms with van der Waals surface area (Å²) in [5.74, 6) is -2.07. The fourth-order valence-corrected chi connectivity index (χ4v) is 4.46. The Hall–Kier alpha value is -2.65. The molecule has 4 rings (SSSR count). The lowest BCUT2D eigenvalue weighted by Crippen LogP contribution is -2.45. The summed E-state index contributed by atoms with van der Waals surface area (Å²) in [6.07, 6.45) is 4.58. The highest BCUT2D eigenvalue weighted by molar-refractivity contribution is 5.68. The van der Waals surface area contributed by atoms with Gasteiger partial charge in [0.2, 0.25) is 0 Å². The molecule has 6 heteroatoms. The van der Waals surface area contributed by atoms with Gasteiger partial charge < -0.3 is 15.5 Å². The molecule has 1 saturated carbocycles. The third-order valence-electron chi connectivity index (χ3n) is 6.67. The zero-order valence-electron chi connectivity index (χ0n) is 18.9. The molecule has 2 N–H and O–H groups in total. The number of nitrogens with one attached hydrogen (secondary N) is 2. The van der Waals surface area contributed by atoms with Gasteiger partial charge in [-0.2, -0.15) is 14.0 Å². The molecule has 2 aromatic rings. The lowest BCUT2D eigenvalue weighted by Gasteiger charge is -2.43. The summed E-state index contributed by atoms with van der Waals surface area (Å²) in [5, 5.41) is 15.8. The number of aryl methyl sites for hydroxylation is 1. The highest BCUT2D eigenvalue weighted by Gasteiger charge is 2.50. The van der Waals surface area contributed by atoms with Gasteiger partial charge in [-0.3, -0.25) is 0 Å².